The van der Waals surface area contributed by atoms with Crippen molar-refractivity contribution in [2.45, 2.75) is 58.5 Å². The smallest absolute Gasteiger partial charge is 0.309 e. The third kappa shape index (κ3) is 5.46. The molecule has 7 heteroatoms. The Morgan fingerprint density at radius 3 is 2.64 bits per heavy atom. The number of hydrogen-bond donors (Lipinski definition) is 1. The van der Waals surface area contributed by atoms with E-state index >= 15 is 0 Å². The van der Waals surface area contributed by atoms with Gasteiger partial charge in [0.25, 0.3) is 0 Å². The van der Waals surface area contributed by atoms with Gasteiger partial charge in [-0.15, -0.1) is 0 Å². The Kier molecular flexibility index (Phi) is 6.56. The molecule has 0 spiro atoms. The lowest BCUT2D eigenvalue weighted by Gasteiger charge is -2.32. The van der Waals surface area contributed by atoms with Crippen LogP contribution in [0.4, 0.5) is 0 Å². The van der Waals surface area contributed by atoms with Crippen LogP contribution < -0.4 is 5.32 Å². The fourth-order valence-electron chi connectivity index (χ4n) is 2.83. The molecular formula is C18H27NO4P2. The fourth-order valence-corrected chi connectivity index (χ4v) is 6.48. The molecule has 2 aliphatic heterocycles. The van der Waals surface area contributed by atoms with Crippen LogP contribution >= 0.6 is 16.8 Å². The summed E-state index contributed by atoms with van der Waals surface area (Å²) in [5, 5.41) is 3.83. The standard InChI is InChI=1S/C18H27NO4P2/c1-10(16(22)23-18(3,4)5)11(2)17-24-9-8-13(25-17)12-6-7-14(20)19-15(12)21/h8-12,17,25H,6-7H2,1-5H3,(H,19,20,21). The number of nitrogens with one attached hydrogen (secondary N) is 1. The zero-order chi connectivity index (χ0) is 18.8. The van der Waals surface area contributed by atoms with Gasteiger partial charge in [0.2, 0.25) is 11.8 Å². The molecule has 138 valence electrons. The fraction of sp³-hybridized carbons (Fsp3) is 0.667. The molecule has 0 bridgehead atoms. The van der Waals surface area contributed by atoms with Crippen molar-refractivity contribution in [1.29, 1.82) is 0 Å². The van der Waals surface area contributed by atoms with Crippen molar-refractivity contribution in [3.63, 3.8) is 0 Å². The predicted octanol–water partition coefficient (Wildman–Crippen LogP) is 3.30. The zero-order valence-corrected chi connectivity index (χ0v) is 17.4. The summed E-state index contributed by atoms with van der Waals surface area (Å²) in [6.45, 7) is 9.63. The summed E-state index contributed by atoms with van der Waals surface area (Å²) in [7, 11) is 1.66. The molecule has 0 radical (unpaired) electrons. The van der Waals surface area contributed by atoms with Crippen molar-refractivity contribution in [2.75, 3.05) is 0 Å². The molecule has 2 amide bonds. The molecule has 1 saturated heterocycles. The van der Waals surface area contributed by atoms with Gasteiger partial charge in [-0.1, -0.05) is 36.7 Å². The largest absolute Gasteiger partial charge is 0.460 e. The summed E-state index contributed by atoms with van der Waals surface area (Å²) >= 11 is 0. The third-order valence-corrected chi connectivity index (χ3v) is 8.11. The van der Waals surface area contributed by atoms with Crippen molar-refractivity contribution >= 4 is 40.4 Å². The summed E-state index contributed by atoms with van der Waals surface area (Å²) in [5.74, 6) is 1.27. The van der Waals surface area contributed by atoms with Gasteiger partial charge in [-0.05, 0) is 44.2 Å². The molecule has 5 unspecified atom stereocenters. The average Bonchev–Trinajstić information content (AvgIpc) is 2.52. The van der Waals surface area contributed by atoms with Crippen LogP contribution in [0.1, 0.15) is 47.5 Å². The first kappa shape index (κ1) is 20.3. The van der Waals surface area contributed by atoms with Gasteiger partial charge in [0, 0.05) is 11.8 Å². The molecule has 25 heavy (non-hydrogen) atoms. The van der Waals surface area contributed by atoms with Gasteiger partial charge in [-0.3, -0.25) is 19.7 Å². The monoisotopic (exact) mass is 383 g/mol. The van der Waals surface area contributed by atoms with E-state index in [1.807, 2.05) is 33.8 Å². The van der Waals surface area contributed by atoms with Gasteiger partial charge in [0.1, 0.15) is 5.60 Å². The minimum atomic E-state index is -0.485. The zero-order valence-electron chi connectivity index (χ0n) is 15.5. The predicted molar refractivity (Wildman–Crippen MR) is 103 cm³/mol. The first-order valence-corrected chi connectivity index (χ1v) is 10.8. The Bertz CT molecular complexity index is 621. The van der Waals surface area contributed by atoms with Gasteiger partial charge in [-0.25, -0.2) is 0 Å². The summed E-state index contributed by atoms with van der Waals surface area (Å²) in [5.41, 5.74) is -0.485. The van der Waals surface area contributed by atoms with Crippen molar-refractivity contribution in [2.24, 2.45) is 17.8 Å². The highest BCUT2D eigenvalue weighted by molar-refractivity contribution is 7.61. The topological polar surface area (TPSA) is 72.5 Å². The van der Waals surface area contributed by atoms with Crippen molar-refractivity contribution in [3.8, 4) is 0 Å². The van der Waals surface area contributed by atoms with Gasteiger partial charge in [0.15, 0.2) is 0 Å². The first-order chi connectivity index (χ1) is 11.6. The first-order valence-electron chi connectivity index (χ1n) is 8.65. The SMILES string of the molecule is CC(C(=O)OC(C)(C)C)C(C)C1P=CC=C(C2CCC(=O)NC2=O)P1. The Labute approximate surface area is 152 Å². The molecule has 5 nitrogen and oxygen atoms in total. The van der Waals surface area contributed by atoms with Crippen LogP contribution in [0.5, 0.6) is 0 Å². The van der Waals surface area contributed by atoms with E-state index in [-0.39, 0.29) is 35.5 Å². The van der Waals surface area contributed by atoms with E-state index in [1.165, 1.54) is 8.20 Å². The quantitative estimate of drug-likeness (QED) is 0.459. The number of amides is 2. The molecule has 5 atom stereocenters. The molecule has 0 aromatic rings. The molecule has 0 aromatic carbocycles. The second-order valence-corrected chi connectivity index (χ2v) is 10.8. The highest BCUT2D eigenvalue weighted by atomic mass is 31.1. The van der Waals surface area contributed by atoms with E-state index in [4.69, 9.17) is 4.74 Å². The van der Waals surface area contributed by atoms with Crippen molar-refractivity contribution in [3.05, 3.63) is 11.4 Å². The number of ether oxygens (including phenoxy) is 1. The van der Waals surface area contributed by atoms with Gasteiger partial charge in [-0.2, -0.15) is 0 Å². The van der Waals surface area contributed by atoms with Crippen LogP contribution in [-0.4, -0.2) is 34.6 Å². The van der Waals surface area contributed by atoms with Gasteiger partial charge in [0.05, 0.1) is 11.8 Å². The highest BCUT2D eigenvalue weighted by Crippen LogP contribution is 2.49. The normalized spacial score (nSPS) is 28.1. The van der Waals surface area contributed by atoms with Crippen LogP contribution in [0.15, 0.2) is 11.4 Å². The number of imide groups is 1. The highest BCUT2D eigenvalue weighted by Gasteiger charge is 2.35. The molecule has 0 aliphatic carbocycles. The molecule has 1 N–H and O–H groups in total. The summed E-state index contributed by atoms with van der Waals surface area (Å²) in [4.78, 5) is 35.8. The van der Waals surface area contributed by atoms with E-state index in [0.717, 1.165) is 5.31 Å². The van der Waals surface area contributed by atoms with E-state index < -0.39 is 5.60 Å². The van der Waals surface area contributed by atoms with Crippen LogP contribution in [0.3, 0.4) is 0 Å². The second kappa shape index (κ2) is 8.10. The van der Waals surface area contributed by atoms with Crippen LogP contribution in [0.2, 0.25) is 0 Å². The average molecular weight is 383 g/mol. The summed E-state index contributed by atoms with van der Waals surface area (Å²) in [6, 6.07) is 0. The van der Waals surface area contributed by atoms with Crippen molar-refractivity contribution < 1.29 is 19.1 Å². The van der Waals surface area contributed by atoms with Crippen molar-refractivity contribution in [1.82, 2.24) is 5.32 Å². The lowest BCUT2D eigenvalue weighted by Crippen LogP contribution is -2.41. The molecule has 2 heterocycles. The van der Waals surface area contributed by atoms with Crippen LogP contribution in [0.25, 0.3) is 0 Å². The lowest BCUT2D eigenvalue weighted by atomic mass is 9.97. The maximum Gasteiger partial charge on any atom is 0.309 e. The molecular weight excluding hydrogens is 356 g/mol. The van der Waals surface area contributed by atoms with Gasteiger partial charge < -0.3 is 4.74 Å². The molecule has 0 saturated carbocycles. The number of carbonyl (C=O) groups is 3. The summed E-state index contributed by atoms with van der Waals surface area (Å²) in [6.07, 6.45) is 3.00. The Morgan fingerprint density at radius 1 is 1.36 bits per heavy atom. The number of allylic oxidation sites excluding steroid dienone is 1. The number of piperidine rings is 1. The van der Waals surface area contributed by atoms with Crippen LogP contribution in [-0.2, 0) is 19.1 Å². The maximum atomic E-state index is 12.4. The maximum absolute atomic E-state index is 12.4. The minimum Gasteiger partial charge on any atom is -0.460 e. The van der Waals surface area contributed by atoms with E-state index in [9.17, 15) is 14.4 Å². The third-order valence-electron chi connectivity index (χ3n) is 4.50. The molecule has 2 rings (SSSR count). The van der Waals surface area contributed by atoms with Crippen LogP contribution in [0, 0.1) is 17.8 Å². The van der Waals surface area contributed by atoms with E-state index in [2.05, 4.69) is 18.0 Å². The Morgan fingerprint density at radius 2 is 2.04 bits per heavy atom. The number of hydrogen-bond acceptors (Lipinski definition) is 4. The minimum absolute atomic E-state index is 0.156. The molecule has 1 fully saturated rings. The molecule has 2 aliphatic rings. The number of carbonyl (C=O) groups excluding carboxylic acids is 3. The number of esters is 1. The Balaban J connectivity index is 2.01. The lowest BCUT2D eigenvalue weighted by molar-refractivity contribution is -0.160. The number of rotatable bonds is 4. The Hall–Kier alpha value is -1.05. The van der Waals surface area contributed by atoms with Gasteiger partial charge >= 0.3 is 5.97 Å². The molecule has 0 aromatic heterocycles. The summed E-state index contributed by atoms with van der Waals surface area (Å²) < 4.78 is 5.52. The van der Waals surface area contributed by atoms with E-state index in [0.29, 0.717) is 26.8 Å². The van der Waals surface area contributed by atoms with E-state index in [1.54, 1.807) is 0 Å². The second-order valence-electron chi connectivity index (χ2n) is 7.69.